The summed E-state index contributed by atoms with van der Waals surface area (Å²) >= 11 is 0. The Kier molecular flexibility index (Phi) is 4.62. The topological polar surface area (TPSA) is 35.6 Å². The van der Waals surface area contributed by atoms with Gasteiger partial charge in [-0.25, -0.2) is 0 Å². The number of piperidine rings is 1. The minimum absolute atomic E-state index is 0.241. The van der Waals surface area contributed by atoms with Gasteiger partial charge in [-0.2, -0.15) is 0 Å². The first-order chi connectivity index (χ1) is 8.59. The molecule has 2 fully saturated rings. The summed E-state index contributed by atoms with van der Waals surface area (Å²) in [7, 11) is 0. The Morgan fingerprint density at radius 1 is 1.06 bits per heavy atom. The number of likely N-dealkylation sites (tertiary alicyclic amines) is 1. The molecule has 0 radical (unpaired) electrons. The third kappa shape index (κ3) is 3.45. The van der Waals surface area contributed by atoms with Gasteiger partial charge in [0.05, 0.1) is 5.41 Å². The second-order valence-electron chi connectivity index (χ2n) is 6.26. The number of carbonyl (C=O) groups is 1. The van der Waals surface area contributed by atoms with Gasteiger partial charge in [-0.05, 0) is 33.1 Å². The van der Waals surface area contributed by atoms with Crippen LogP contribution in [0.5, 0.6) is 0 Å². The van der Waals surface area contributed by atoms with E-state index in [2.05, 4.69) is 29.0 Å². The minimum atomic E-state index is -0.241. The lowest BCUT2D eigenvalue weighted by atomic mass is 9.89. The second kappa shape index (κ2) is 6.02. The number of amides is 1. The highest BCUT2D eigenvalue weighted by molar-refractivity contribution is 5.82. The molecule has 2 saturated heterocycles. The van der Waals surface area contributed by atoms with Crippen molar-refractivity contribution < 1.29 is 4.79 Å². The van der Waals surface area contributed by atoms with Crippen LogP contribution in [0.2, 0.25) is 0 Å². The Morgan fingerprint density at radius 2 is 1.67 bits per heavy atom. The first-order valence-corrected chi connectivity index (χ1v) is 7.32. The van der Waals surface area contributed by atoms with Crippen LogP contribution in [-0.4, -0.2) is 61.5 Å². The van der Waals surface area contributed by atoms with E-state index in [9.17, 15) is 4.79 Å². The molecular weight excluding hydrogens is 226 g/mol. The number of rotatable bonds is 3. The van der Waals surface area contributed by atoms with Crippen LogP contribution in [0.1, 0.15) is 33.1 Å². The van der Waals surface area contributed by atoms with E-state index in [4.69, 9.17) is 0 Å². The molecule has 4 nitrogen and oxygen atoms in total. The van der Waals surface area contributed by atoms with Crippen molar-refractivity contribution >= 4 is 5.91 Å². The van der Waals surface area contributed by atoms with Crippen LogP contribution < -0.4 is 5.32 Å². The van der Waals surface area contributed by atoms with E-state index in [0.29, 0.717) is 5.91 Å². The average molecular weight is 253 g/mol. The normalized spacial score (nSPS) is 23.1. The lowest BCUT2D eigenvalue weighted by Gasteiger charge is -2.38. The molecule has 0 aromatic heterocycles. The van der Waals surface area contributed by atoms with Crippen LogP contribution >= 0.6 is 0 Å². The van der Waals surface area contributed by atoms with Gasteiger partial charge in [0.15, 0.2) is 0 Å². The predicted molar refractivity (Wildman–Crippen MR) is 73.5 cm³/mol. The number of hydrogen-bond donors (Lipinski definition) is 1. The molecule has 2 rings (SSSR count). The van der Waals surface area contributed by atoms with Crippen LogP contribution in [0.4, 0.5) is 0 Å². The highest BCUT2D eigenvalue weighted by Gasteiger charge is 2.34. The number of piperazine rings is 1. The quantitative estimate of drug-likeness (QED) is 0.813. The molecule has 0 unspecified atom stereocenters. The van der Waals surface area contributed by atoms with E-state index < -0.39 is 0 Å². The van der Waals surface area contributed by atoms with Crippen molar-refractivity contribution in [1.29, 1.82) is 0 Å². The highest BCUT2D eigenvalue weighted by atomic mass is 16.2. The summed E-state index contributed by atoms with van der Waals surface area (Å²) < 4.78 is 0. The van der Waals surface area contributed by atoms with Gasteiger partial charge in [0.25, 0.3) is 0 Å². The molecule has 1 amide bonds. The number of nitrogens with zero attached hydrogens (tertiary/aromatic N) is 2. The van der Waals surface area contributed by atoms with Crippen molar-refractivity contribution in [1.82, 2.24) is 15.1 Å². The van der Waals surface area contributed by atoms with Gasteiger partial charge in [0.1, 0.15) is 0 Å². The molecule has 18 heavy (non-hydrogen) atoms. The smallest absolute Gasteiger partial charge is 0.229 e. The lowest BCUT2D eigenvalue weighted by Crippen LogP contribution is -2.52. The zero-order chi connectivity index (χ0) is 13.0. The van der Waals surface area contributed by atoms with Crippen LogP contribution in [0.15, 0.2) is 0 Å². The Morgan fingerprint density at radius 3 is 2.28 bits per heavy atom. The molecule has 1 N–H and O–H groups in total. The molecule has 0 spiro atoms. The van der Waals surface area contributed by atoms with Gasteiger partial charge >= 0.3 is 0 Å². The number of hydrogen-bond acceptors (Lipinski definition) is 3. The molecule has 2 aliphatic rings. The van der Waals surface area contributed by atoms with Gasteiger partial charge in [-0.1, -0.05) is 0 Å². The maximum atomic E-state index is 12.6. The Labute approximate surface area is 111 Å². The summed E-state index contributed by atoms with van der Waals surface area (Å²) in [4.78, 5) is 17.1. The molecule has 2 heterocycles. The molecular formula is C14H27N3O. The highest BCUT2D eigenvalue weighted by Crippen LogP contribution is 2.23. The van der Waals surface area contributed by atoms with E-state index in [-0.39, 0.29) is 5.41 Å². The van der Waals surface area contributed by atoms with Crippen molar-refractivity contribution in [3.63, 3.8) is 0 Å². The standard InChI is InChI=1S/C14H27N3O/c1-14(2,12-16-10-6-15-7-11-16)13(18)17-8-4-3-5-9-17/h15H,3-12H2,1-2H3. The Hall–Kier alpha value is -0.610. The average Bonchev–Trinajstić information content (AvgIpc) is 2.39. The molecule has 0 aliphatic carbocycles. The number of carbonyl (C=O) groups excluding carboxylic acids is 1. The van der Waals surface area contributed by atoms with E-state index in [1.807, 2.05) is 0 Å². The zero-order valence-electron chi connectivity index (χ0n) is 11.9. The van der Waals surface area contributed by atoms with Crippen molar-refractivity contribution in [2.75, 3.05) is 45.8 Å². The molecule has 0 saturated carbocycles. The number of nitrogens with one attached hydrogen (secondary N) is 1. The van der Waals surface area contributed by atoms with Crippen LogP contribution in [0, 0.1) is 5.41 Å². The van der Waals surface area contributed by atoms with Gasteiger partial charge < -0.3 is 10.2 Å². The first-order valence-electron chi connectivity index (χ1n) is 7.32. The van der Waals surface area contributed by atoms with E-state index in [1.54, 1.807) is 0 Å². The first kappa shape index (κ1) is 13.8. The molecule has 0 aromatic carbocycles. The molecule has 0 atom stereocenters. The zero-order valence-corrected chi connectivity index (χ0v) is 11.9. The van der Waals surface area contributed by atoms with Gasteiger partial charge in [-0.3, -0.25) is 9.69 Å². The SMILES string of the molecule is CC(C)(CN1CCNCC1)C(=O)N1CCCCC1. The van der Waals surface area contributed by atoms with Gasteiger partial charge in [0.2, 0.25) is 5.91 Å². The minimum Gasteiger partial charge on any atom is -0.342 e. The summed E-state index contributed by atoms with van der Waals surface area (Å²) in [5.74, 6) is 0.348. The Bertz CT molecular complexity index is 279. The Balaban J connectivity index is 1.89. The maximum absolute atomic E-state index is 12.6. The fraction of sp³-hybridized carbons (Fsp3) is 0.929. The summed E-state index contributed by atoms with van der Waals surface area (Å²) in [6.07, 6.45) is 3.63. The van der Waals surface area contributed by atoms with E-state index in [1.165, 1.54) is 19.3 Å². The third-order valence-electron chi connectivity index (χ3n) is 4.05. The molecule has 4 heteroatoms. The third-order valence-corrected chi connectivity index (χ3v) is 4.05. The molecule has 0 aromatic rings. The summed E-state index contributed by atoms with van der Waals surface area (Å²) in [6.45, 7) is 11.3. The van der Waals surface area contributed by atoms with Gasteiger partial charge in [0, 0.05) is 45.8 Å². The largest absolute Gasteiger partial charge is 0.342 e. The van der Waals surface area contributed by atoms with Crippen molar-refractivity contribution in [2.24, 2.45) is 5.41 Å². The monoisotopic (exact) mass is 253 g/mol. The van der Waals surface area contributed by atoms with E-state index in [0.717, 1.165) is 45.8 Å². The predicted octanol–water partition coefficient (Wildman–Crippen LogP) is 0.930. The van der Waals surface area contributed by atoms with Gasteiger partial charge in [-0.15, -0.1) is 0 Å². The van der Waals surface area contributed by atoms with E-state index >= 15 is 0 Å². The van der Waals surface area contributed by atoms with Crippen LogP contribution in [-0.2, 0) is 4.79 Å². The van der Waals surface area contributed by atoms with Crippen LogP contribution in [0.25, 0.3) is 0 Å². The summed E-state index contributed by atoms with van der Waals surface area (Å²) in [5, 5.41) is 3.36. The summed E-state index contributed by atoms with van der Waals surface area (Å²) in [6, 6.07) is 0. The fourth-order valence-corrected chi connectivity index (χ4v) is 3.02. The molecule has 104 valence electrons. The summed E-state index contributed by atoms with van der Waals surface area (Å²) in [5.41, 5.74) is -0.241. The van der Waals surface area contributed by atoms with Crippen molar-refractivity contribution in [3.05, 3.63) is 0 Å². The fourth-order valence-electron chi connectivity index (χ4n) is 3.02. The molecule has 0 bridgehead atoms. The molecule has 2 aliphatic heterocycles. The van der Waals surface area contributed by atoms with Crippen molar-refractivity contribution in [2.45, 2.75) is 33.1 Å². The maximum Gasteiger partial charge on any atom is 0.229 e. The van der Waals surface area contributed by atoms with Crippen LogP contribution in [0.3, 0.4) is 0 Å². The lowest BCUT2D eigenvalue weighted by molar-refractivity contribution is -0.142. The van der Waals surface area contributed by atoms with Crippen molar-refractivity contribution in [3.8, 4) is 0 Å². The second-order valence-corrected chi connectivity index (χ2v) is 6.26.